The number of halogens is 4. The Labute approximate surface area is 245 Å². The molecule has 6 rings (SSSR count). The molecule has 2 aromatic carbocycles. The molecule has 7 nitrogen and oxygen atoms in total. The van der Waals surface area contributed by atoms with E-state index in [1.807, 2.05) is 35.2 Å². The Morgan fingerprint density at radius 2 is 1.79 bits per heavy atom. The minimum absolute atomic E-state index is 0.0380. The van der Waals surface area contributed by atoms with Crippen LogP contribution in [0.5, 0.6) is 0 Å². The third-order valence-electron chi connectivity index (χ3n) is 8.09. The van der Waals surface area contributed by atoms with E-state index in [-0.39, 0.29) is 29.3 Å². The quantitative estimate of drug-likeness (QED) is 0.282. The van der Waals surface area contributed by atoms with Crippen LogP contribution in [0.2, 0.25) is 0 Å². The number of Topliss-reactive ketones (excluding diaryl/α,β-unsaturated/α-hetero) is 1. The second-order valence-corrected chi connectivity index (χ2v) is 13.5. The molecule has 0 saturated carbocycles. The summed E-state index contributed by atoms with van der Waals surface area (Å²) in [5, 5.41) is 6.58. The van der Waals surface area contributed by atoms with Gasteiger partial charge in [0.15, 0.2) is 15.6 Å². The van der Waals surface area contributed by atoms with Gasteiger partial charge in [-0.25, -0.2) is 12.8 Å². The molecule has 12 heteroatoms. The number of benzene rings is 2. The molecule has 1 atom stereocenters. The fourth-order valence-electron chi connectivity index (χ4n) is 5.94. The molecule has 0 spiro atoms. The van der Waals surface area contributed by atoms with Crippen LogP contribution in [-0.4, -0.2) is 58.5 Å². The van der Waals surface area contributed by atoms with Gasteiger partial charge >= 0.3 is 6.18 Å². The lowest BCUT2D eigenvalue weighted by molar-refractivity contribution is -0.140. The second kappa shape index (κ2) is 11.0. The number of hydrogen-bond donors (Lipinski definition) is 0. The van der Waals surface area contributed by atoms with Gasteiger partial charge in [0.05, 0.1) is 22.8 Å². The van der Waals surface area contributed by atoms with Crippen LogP contribution in [0, 0.1) is 5.82 Å². The van der Waals surface area contributed by atoms with E-state index in [4.69, 9.17) is 5.10 Å². The van der Waals surface area contributed by atoms with E-state index in [0.717, 1.165) is 33.7 Å². The summed E-state index contributed by atoms with van der Waals surface area (Å²) in [7, 11) is -3.07. The predicted octanol–water partition coefficient (Wildman–Crippen LogP) is 5.09. The van der Waals surface area contributed by atoms with Gasteiger partial charge in [-0.1, -0.05) is 29.8 Å². The van der Waals surface area contributed by atoms with E-state index in [0.29, 0.717) is 43.4 Å². The van der Waals surface area contributed by atoms with Crippen molar-refractivity contribution in [3.8, 4) is 0 Å². The number of allylic oxidation sites excluding steroid dienone is 2. The molecule has 0 amide bonds. The average molecular weight is 613 g/mol. The predicted molar refractivity (Wildman–Crippen MR) is 153 cm³/mol. The maximum Gasteiger partial charge on any atom is 0.419 e. The van der Waals surface area contributed by atoms with Crippen LogP contribution in [0.15, 0.2) is 72.1 Å². The zero-order chi connectivity index (χ0) is 30.5. The molecule has 1 unspecified atom stereocenters. The lowest BCUT2D eigenvalue weighted by Gasteiger charge is -2.29. The molecular formula is C31H28F4N4O3S. The number of fused-ring (bicyclic) bond motifs is 2. The number of rotatable bonds is 6. The van der Waals surface area contributed by atoms with Gasteiger partial charge in [-0.15, -0.1) is 0 Å². The zero-order valence-electron chi connectivity index (χ0n) is 23.2. The van der Waals surface area contributed by atoms with Crippen LogP contribution in [-0.2, 0) is 40.2 Å². The van der Waals surface area contributed by atoms with Crippen LogP contribution in [0.1, 0.15) is 41.0 Å². The summed E-state index contributed by atoms with van der Waals surface area (Å²) >= 11 is 0. The van der Waals surface area contributed by atoms with Crippen molar-refractivity contribution in [2.24, 2.45) is 0 Å². The highest BCUT2D eigenvalue weighted by Gasteiger charge is 2.37. The number of carbonyl (C=O) groups is 1. The minimum Gasteiger partial charge on any atom is -0.295 e. The van der Waals surface area contributed by atoms with E-state index in [9.17, 15) is 30.8 Å². The maximum atomic E-state index is 14.9. The van der Waals surface area contributed by atoms with Gasteiger partial charge in [-0.2, -0.15) is 18.3 Å². The molecule has 0 aliphatic carbocycles. The molecule has 224 valence electrons. The van der Waals surface area contributed by atoms with E-state index in [2.05, 4.69) is 4.98 Å². The first kappa shape index (κ1) is 29.2. The smallest absolute Gasteiger partial charge is 0.295 e. The third kappa shape index (κ3) is 5.98. The summed E-state index contributed by atoms with van der Waals surface area (Å²) < 4.78 is 80.4. The Hall–Kier alpha value is -3.90. The summed E-state index contributed by atoms with van der Waals surface area (Å²) in [6.07, 6.45) is -1.06. The minimum atomic E-state index is -4.86. The Morgan fingerprint density at radius 3 is 2.51 bits per heavy atom. The fraction of sp³-hybridized carbons (Fsp3) is 0.323. The molecule has 43 heavy (non-hydrogen) atoms. The van der Waals surface area contributed by atoms with Crippen molar-refractivity contribution in [2.75, 3.05) is 24.6 Å². The molecule has 2 aromatic heterocycles. The van der Waals surface area contributed by atoms with Crippen molar-refractivity contribution in [1.29, 1.82) is 0 Å². The third-order valence-corrected chi connectivity index (χ3v) is 9.70. The Morgan fingerprint density at radius 1 is 1.02 bits per heavy atom. The van der Waals surface area contributed by atoms with Crippen LogP contribution in [0.3, 0.4) is 0 Å². The van der Waals surface area contributed by atoms with E-state index < -0.39 is 33.4 Å². The Balaban J connectivity index is 1.37. The fourth-order valence-corrected chi connectivity index (χ4v) is 7.21. The highest BCUT2D eigenvalue weighted by Crippen LogP contribution is 2.39. The molecule has 1 fully saturated rings. The van der Waals surface area contributed by atoms with Crippen LogP contribution >= 0.6 is 0 Å². The van der Waals surface area contributed by atoms with Gasteiger partial charge < -0.3 is 0 Å². The van der Waals surface area contributed by atoms with E-state index in [1.54, 1.807) is 24.0 Å². The molecule has 4 heterocycles. The van der Waals surface area contributed by atoms with Crippen molar-refractivity contribution < 1.29 is 30.8 Å². The molecule has 1 saturated heterocycles. The molecule has 0 radical (unpaired) electrons. The number of nitrogens with zero attached hydrogens (tertiary/aromatic N) is 4. The first-order chi connectivity index (χ1) is 20.4. The number of pyridine rings is 1. The summed E-state index contributed by atoms with van der Waals surface area (Å²) in [4.78, 5) is 20.0. The average Bonchev–Trinajstić information content (AvgIpc) is 3.34. The molecule has 0 N–H and O–H groups in total. The molecular weight excluding hydrogens is 584 g/mol. The summed E-state index contributed by atoms with van der Waals surface area (Å²) in [5.74, 6) is -1.55. The van der Waals surface area contributed by atoms with Gasteiger partial charge in [-0.3, -0.25) is 19.4 Å². The van der Waals surface area contributed by atoms with Gasteiger partial charge in [-0.05, 0) is 47.7 Å². The largest absolute Gasteiger partial charge is 0.419 e. The number of hydrogen-bond acceptors (Lipinski definition) is 6. The van der Waals surface area contributed by atoms with Crippen molar-refractivity contribution in [3.05, 3.63) is 106 Å². The van der Waals surface area contributed by atoms with Crippen LogP contribution in [0.4, 0.5) is 17.6 Å². The SMILES string of the molecule is CC1=C(C(=O)Cc2ccc3cnccc3c2)C(c2ccc(C(F)(F)F)c(F)c2)n2nc(CN3CCS(=O)(=O)CC3)cc2C1. The first-order valence-corrected chi connectivity index (χ1v) is 15.6. The summed E-state index contributed by atoms with van der Waals surface area (Å²) in [5.41, 5.74) is 2.01. The van der Waals surface area contributed by atoms with Crippen LogP contribution in [0.25, 0.3) is 10.8 Å². The standard InChI is InChI=1S/C31H28F4N4O3S/c1-19-12-25-16-24(18-38-8-10-43(41,42)11-9-38)37-39(25)30(22-4-5-26(27(32)15-22)31(33,34)35)29(19)28(40)14-20-2-3-23-17-36-7-6-21(23)13-20/h2-7,13,15-17,30H,8-12,14,18H2,1H3. The summed E-state index contributed by atoms with van der Waals surface area (Å²) in [6, 6.07) is 11.1. The topological polar surface area (TPSA) is 85.2 Å². The molecule has 2 aliphatic heterocycles. The summed E-state index contributed by atoms with van der Waals surface area (Å²) in [6.45, 7) is 2.90. The second-order valence-electron chi connectivity index (χ2n) is 11.2. The molecule has 4 aromatic rings. The molecule has 0 bridgehead atoms. The lowest BCUT2D eigenvalue weighted by Crippen LogP contribution is -2.39. The highest BCUT2D eigenvalue weighted by atomic mass is 32.2. The van der Waals surface area contributed by atoms with Gasteiger partial charge in [0.1, 0.15) is 11.9 Å². The van der Waals surface area contributed by atoms with E-state index >= 15 is 0 Å². The normalized spacial score (nSPS) is 19.0. The Kier molecular flexibility index (Phi) is 7.45. The van der Waals surface area contributed by atoms with Crippen molar-refractivity contribution in [2.45, 2.75) is 38.5 Å². The highest BCUT2D eigenvalue weighted by molar-refractivity contribution is 7.91. The van der Waals surface area contributed by atoms with Crippen molar-refractivity contribution >= 4 is 26.4 Å². The van der Waals surface area contributed by atoms with Crippen molar-refractivity contribution in [1.82, 2.24) is 19.7 Å². The number of sulfone groups is 1. The first-order valence-electron chi connectivity index (χ1n) is 13.8. The lowest BCUT2D eigenvalue weighted by atomic mass is 9.85. The number of aromatic nitrogens is 3. The number of ketones is 1. The van der Waals surface area contributed by atoms with Crippen molar-refractivity contribution in [3.63, 3.8) is 0 Å². The monoisotopic (exact) mass is 612 g/mol. The van der Waals surface area contributed by atoms with Crippen LogP contribution < -0.4 is 0 Å². The molecule has 2 aliphatic rings. The zero-order valence-corrected chi connectivity index (χ0v) is 24.1. The van der Waals surface area contributed by atoms with Gasteiger partial charge in [0.2, 0.25) is 0 Å². The number of carbonyl (C=O) groups excluding carboxylic acids is 1. The number of alkyl halides is 3. The Bertz CT molecular complexity index is 1870. The van der Waals surface area contributed by atoms with E-state index in [1.165, 1.54) is 6.07 Å². The van der Waals surface area contributed by atoms with Gasteiger partial charge in [0, 0.05) is 61.5 Å². The maximum absolute atomic E-state index is 14.9. The van der Waals surface area contributed by atoms with Gasteiger partial charge in [0.25, 0.3) is 0 Å².